The van der Waals surface area contributed by atoms with Crippen molar-refractivity contribution in [1.29, 1.82) is 0 Å². The molecule has 0 aromatic carbocycles. The second-order valence-corrected chi connectivity index (χ2v) is 7.84. The molecule has 0 atom stereocenters. The molecule has 2 fully saturated rings. The van der Waals surface area contributed by atoms with Crippen LogP contribution in [0.25, 0.3) is 0 Å². The van der Waals surface area contributed by atoms with E-state index in [1.165, 1.54) is 0 Å². The summed E-state index contributed by atoms with van der Waals surface area (Å²) in [5, 5.41) is 7.03. The standard InChI is InChI=1S/C18H27N3O2S/c1-14-2-7-20(8-3-14)17(22)16-4-9-21(10-5-16)18(23)19-12-15-6-11-24-13-15/h6,11,13-14,16H,2-5,7-10,12H2,1H3,(H,19,23). The van der Waals surface area contributed by atoms with E-state index in [0.29, 0.717) is 25.5 Å². The lowest BCUT2D eigenvalue weighted by Gasteiger charge is -2.36. The number of likely N-dealkylation sites (tertiary alicyclic amines) is 2. The number of nitrogens with zero attached hydrogens (tertiary/aromatic N) is 2. The molecular formula is C18H27N3O2S. The molecule has 2 saturated heterocycles. The lowest BCUT2D eigenvalue weighted by Crippen LogP contribution is -2.48. The fraction of sp³-hybridized carbons (Fsp3) is 0.667. The maximum atomic E-state index is 12.6. The zero-order valence-corrected chi connectivity index (χ0v) is 15.2. The summed E-state index contributed by atoms with van der Waals surface area (Å²) in [6.07, 6.45) is 3.82. The lowest BCUT2D eigenvalue weighted by atomic mass is 9.93. The van der Waals surface area contributed by atoms with Gasteiger partial charge in [-0.1, -0.05) is 6.92 Å². The van der Waals surface area contributed by atoms with Gasteiger partial charge in [-0.15, -0.1) is 0 Å². The Kier molecular flexibility index (Phi) is 5.76. The average Bonchev–Trinajstić information content (AvgIpc) is 3.13. The Labute approximate surface area is 148 Å². The molecule has 1 N–H and O–H groups in total. The molecular weight excluding hydrogens is 322 g/mol. The number of piperidine rings is 2. The summed E-state index contributed by atoms with van der Waals surface area (Å²) in [5.41, 5.74) is 1.14. The summed E-state index contributed by atoms with van der Waals surface area (Å²) < 4.78 is 0. The zero-order valence-electron chi connectivity index (χ0n) is 14.4. The molecule has 132 valence electrons. The fourth-order valence-electron chi connectivity index (χ4n) is 3.50. The number of hydrogen-bond donors (Lipinski definition) is 1. The number of carbonyl (C=O) groups is 2. The highest BCUT2D eigenvalue weighted by atomic mass is 32.1. The number of hydrogen-bond acceptors (Lipinski definition) is 3. The van der Waals surface area contributed by atoms with Crippen LogP contribution in [0.1, 0.15) is 38.2 Å². The summed E-state index contributed by atoms with van der Waals surface area (Å²) in [7, 11) is 0. The molecule has 3 heterocycles. The van der Waals surface area contributed by atoms with Gasteiger partial charge in [0.2, 0.25) is 5.91 Å². The maximum absolute atomic E-state index is 12.6. The Morgan fingerprint density at radius 3 is 2.42 bits per heavy atom. The van der Waals surface area contributed by atoms with Crippen LogP contribution < -0.4 is 5.32 Å². The van der Waals surface area contributed by atoms with E-state index in [9.17, 15) is 9.59 Å². The summed E-state index contributed by atoms with van der Waals surface area (Å²) in [6.45, 7) is 6.00. The first-order chi connectivity index (χ1) is 11.6. The van der Waals surface area contributed by atoms with Crippen molar-refractivity contribution in [3.63, 3.8) is 0 Å². The van der Waals surface area contributed by atoms with Gasteiger partial charge in [-0.2, -0.15) is 11.3 Å². The maximum Gasteiger partial charge on any atom is 0.317 e. The Morgan fingerprint density at radius 2 is 1.79 bits per heavy atom. The number of carbonyl (C=O) groups excluding carboxylic acids is 2. The van der Waals surface area contributed by atoms with Gasteiger partial charge < -0.3 is 15.1 Å². The van der Waals surface area contributed by atoms with E-state index in [1.807, 2.05) is 26.6 Å². The minimum atomic E-state index is -0.0149. The summed E-state index contributed by atoms with van der Waals surface area (Å²) >= 11 is 1.64. The van der Waals surface area contributed by atoms with Gasteiger partial charge in [-0.05, 0) is 54.0 Å². The van der Waals surface area contributed by atoms with Crippen LogP contribution in [0.4, 0.5) is 4.79 Å². The quantitative estimate of drug-likeness (QED) is 0.912. The minimum Gasteiger partial charge on any atom is -0.342 e. The van der Waals surface area contributed by atoms with Crippen molar-refractivity contribution in [3.8, 4) is 0 Å². The molecule has 0 aliphatic carbocycles. The largest absolute Gasteiger partial charge is 0.342 e. The second-order valence-electron chi connectivity index (χ2n) is 7.06. The normalized spacial score (nSPS) is 20.2. The lowest BCUT2D eigenvalue weighted by molar-refractivity contribution is -0.138. The second kappa shape index (κ2) is 8.01. The van der Waals surface area contributed by atoms with E-state index >= 15 is 0 Å². The number of amides is 3. The van der Waals surface area contributed by atoms with Crippen molar-refractivity contribution >= 4 is 23.3 Å². The topological polar surface area (TPSA) is 52.7 Å². The Hall–Kier alpha value is -1.56. The molecule has 2 aliphatic rings. The van der Waals surface area contributed by atoms with Gasteiger partial charge in [0.05, 0.1) is 0 Å². The number of urea groups is 1. The highest BCUT2D eigenvalue weighted by Gasteiger charge is 2.31. The average molecular weight is 350 g/mol. The van der Waals surface area contributed by atoms with Crippen LogP contribution in [0.3, 0.4) is 0 Å². The van der Waals surface area contributed by atoms with Gasteiger partial charge in [0.15, 0.2) is 0 Å². The highest BCUT2D eigenvalue weighted by Crippen LogP contribution is 2.23. The van der Waals surface area contributed by atoms with Gasteiger partial charge in [0, 0.05) is 38.6 Å². The highest BCUT2D eigenvalue weighted by molar-refractivity contribution is 7.07. The third-order valence-electron chi connectivity index (χ3n) is 5.25. The molecule has 5 nitrogen and oxygen atoms in total. The van der Waals surface area contributed by atoms with Gasteiger partial charge in [-0.25, -0.2) is 4.79 Å². The van der Waals surface area contributed by atoms with Crippen molar-refractivity contribution in [2.45, 2.75) is 39.2 Å². The van der Waals surface area contributed by atoms with Crippen LogP contribution in [0.2, 0.25) is 0 Å². The first-order valence-corrected chi connectivity index (χ1v) is 9.90. The van der Waals surface area contributed by atoms with E-state index < -0.39 is 0 Å². The molecule has 0 saturated carbocycles. The molecule has 0 spiro atoms. The van der Waals surface area contributed by atoms with Crippen molar-refractivity contribution in [2.75, 3.05) is 26.2 Å². The van der Waals surface area contributed by atoms with E-state index in [2.05, 4.69) is 12.2 Å². The molecule has 6 heteroatoms. The van der Waals surface area contributed by atoms with E-state index in [4.69, 9.17) is 0 Å². The number of thiophene rings is 1. The first-order valence-electron chi connectivity index (χ1n) is 8.96. The smallest absolute Gasteiger partial charge is 0.317 e. The van der Waals surface area contributed by atoms with E-state index in [1.54, 1.807) is 11.3 Å². The molecule has 1 aromatic heterocycles. The molecule has 3 rings (SSSR count). The van der Waals surface area contributed by atoms with Crippen molar-refractivity contribution in [3.05, 3.63) is 22.4 Å². The third-order valence-corrected chi connectivity index (χ3v) is 5.98. The van der Waals surface area contributed by atoms with Crippen LogP contribution in [-0.4, -0.2) is 47.9 Å². The van der Waals surface area contributed by atoms with Gasteiger partial charge in [-0.3, -0.25) is 4.79 Å². The molecule has 0 unspecified atom stereocenters. The Bertz CT molecular complexity index is 545. The van der Waals surface area contributed by atoms with Crippen LogP contribution in [-0.2, 0) is 11.3 Å². The molecule has 0 radical (unpaired) electrons. The van der Waals surface area contributed by atoms with Gasteiger partial charge in [0.1, 0.15) is 0 Å². The predicted octanol–water partition coefficient (Wildman–Crippen LogP) is 2.93. The molecule has 3 amide bonds. The number of rotatable bonds is 3. The monoisotopic (exact) mass is 349 g/mol. The van der Waals surface area contributed by atoms with Gasteiger partial charge in [0.25, 0.3) is 0 Å². The Morgan fingerprint density at radius 1 is 1.12 bits per heavy atom. The minimum absolute atomic E-state index is 0.0149. The van der Waals surface area contributed by atoms with Crippen LogP contribution in [0.5, 0.6) is 0 Å². The van der Waals surface area contributed by atoms with Crippen LogP contribution >= 0.6 is 11.3 Å². The molecule has 24 heavy (non-hydrogen) atoms. The Balaban J connectivity index is 1.41. The SMILES string of the molecule is CC1CCN(C(=O)C2CCN(C(=O)NCc3ccsc3)CC2)CC1. The fourth-order valence-corrected chi connectivity index (χ4v) is 4.17. The van der Waals surface area contributed by atoms with Gasteiger partial charge >= 0.3 is 6.03 Å². The first kappa shape index (κ1) is 17.3. The van der Waals surface area contributed by atoms with Crippen LogP contribution in [0, 0.1) is 11.8 Å². The third kappa shape index (κ3) is 4.29. The van der Waals surface area contributed by atoms with Crippen molar-refractivity contribution < 1.29 is 9.59 Å². The molecule has 2 aliphatic heterocycles. The summed E-state index contributed by atoms with van der Waals surface area (Å²) in [5.74, 6) is 1.14. The van der Waals surface area contributed by atoms with E-state index in [-0.39, 0.29) is 11.9 Å². The van der Waals surface area contributed by atoms with E-state index in [0.717, 1.165) is 50.3 Å². The summed E-state index contributed by atoms with van der Waals surface area (Å²) in [4.78, 5) is 28.7. The molecule has 0 bridgehead atoms. The predicted molar refractivity (Wildman–Crippen MR) is 95.8 cm³/mol. The van der Waals surface area contributed by atoms with Crippen molar-refractivity contribution in [2.24, 2.45) is 11.8 Å². The van der Waals surface area contributed by atoms with Crippen molar-refractivity contribution in [1.82, 2.24) is 15.1 Å². The zero-order chi connectivity index (χ0) is 16.9. The van der Waals surface area contributed by atoms with Crippen LogP contribution in [0.15, 0.2) is 16.8 Å². The number of nitrogens with one attached hydrogen (secondary N) is 1. The summed E-state index contributed by atoms with van der Waals surface area (Å²) in [6, 6.07) is 2.01. The molecule has 1 aromatic rings.